The highest BCUT2D eigenvalue weighted by atomic mass is 79.9. The number of anilines is 1. The Bertz CT molecular complexity index is 701. The van der Waals surface area contributed by atoms with E-state index >= 15 is 0 Å². The molecule has 0 radical (unpaired) electrons. The molecule has 0 spiro atoms. The summed E-state index contributed by atoms with van der Waals surface area (Å²) in [5.41, 5.74) is -1.05. The van der Waals surface area contributed by atoms with Crippen molar-refractivity contribution in [2.45, 2.75) is 32.0 Å². The summed E-state index contributed by atoms with van der Waals surface area (Å²) in [7, 11) is 0. The van der Waals surface area contributed by atoms with E-state index in [2.05, 4.69) is 47.3 Å². The molecule has 5 nitrogen and oxygen atoms in total. The van der Waals surface area contributed by atoms with E-state index in [0.29, 0.717) is 18.0 Å². The van der Waals surface area contributed by atoms with E-state index in [4.69, 9.17) is 0 Å². The van der Waals surface area contributed by atoms with Gasteiger partial charge in [-0.3, -0.25) is 9.48 Å². The smallest absolute Gasteiger partial charge is 0.300 e. The average molecular weight is 476 g/mol. The van der Waals surface area contributed by atoms with Gasteiger partial charge in [0.1, 0.15) is 6.04 Å². The lowest BCUT2D eigenvalue weighted by atomic mass is 10.1. The van der Waals surface area contributed by atoms with Crippen molar-refractivity contribution in [2.75, 3.05) is 5.32 Å². The van der Waals surface area contributed by atoms with Crippen molar-refractivity contribution in [3.05, 3.63) is 26.3 Å². The minimum Gasteiger partial charge on any atom is -0.300 e. The van der Waals surface area contributed by atoms with Gasteiger partial charge in [0.2, 0.25) is 0 Å². The van der Waals surface area contributed by atoms with Crippen LogP contribution < -0.4 is 5.32 Å². The molecule has 23 heavy (non-hydrogen) atoms. The number of aromatic nitrogens is 3. The molecule has 11 heteroatoms. The number of carbonyl (C=O) groups is 1. The van der Waals surface area contributed by atoms with Gasteiger partial charge in [0.05, 0.1) is 14.5 Å². The zero-order valence-electron chi connectivity index (χ0n) is 11.7. The van der Waals surface area contributed by atoms with Crippen LogP contribution in [0.3, 0.4) is 0 Å². The van der Waals surface area contributed by atoms with Crippen LogP contribution in [0.5, 0.6) is 0 Å². The summed E-state index contributed by atoms with van der Waals surface area (Å²) in [5.74, 6) is -0.461. The predicted octanol–water partition coefficient (Wildman–Crippen LogP) is 4.86. The number of hydrogen-bond donors (Lipinski definition) is 1. The number of nitrogens with zero attached hydrogens (tertiary/aromatic N) is 3. The third-order valence-corrected chi connectivity index (χ3v) is 4.82. The highest BCUT2D eigenvalue weighted by Crippen LogP contribution is 2.34. The molecule has 2 aromatic rings. The van der Waals surface area contributed by atoms with Gasteiger partial charge in [0.15, 0.2) is 10.8 Å². The van der Waals surface area contributed by atoms with E-state index in [-0.39, 0.29) is 4.47 Å². The number of halogens is 5. The molecular weight excluding hydrogens is 465 g/mol. The maximum Gasteiger partial charge on any atom is 0.436 e. The average Bonchev–Trinajstić information content (AvgIpc) is 3.01. The summed E-state index contributed by atoms with van der Waals surface area (Å²) in [6, 6.07) is -0.852. The lowest BCUT2D eigenvalue weighted by molar-refractivity contribution is -0.142. The first-order valence-electron chi connectivity index (χ1n) is 6.46. The fraction of sp³-hybridized carbons (Fsp3) is 0.417. The van der Waals surface area contributed by atoms with E-state index in [0.717, 1.165) is 8.47 Å². The monoisotopic (exact) mass is 474 g/mol. The van der Waals surface area contributed by atoms with Crippen LogP contribution in [0.25, 0.3) is 0 Å². The molecule has 2 aromatic heterocycles. The first kappa shape index (κ1) is 18.4. The lowest BCUT2D eigenvalue weighted by Gasteiger charge is -2.15. The Morgan fingerprint density at radius 1 is 1.48 bits per heavy atom. The van der Waals surface area contributed by atoms with Crippen LogP contribution in [0.15, 0.2) is 20.7 Å². The van der Waals surface area contributed by atoms with Crippen molar-refractivity contribution >= 4 is 54.2 Å². The normalized spacial score (nSPS) is 13.1. The van der Waals surface area contributed by atoms with Crippen LogP contribution >= 0.6 is 43.2 Å². The molecule has 0 bridgehead atoms. The topological polar surface area (TPSA) is 59.8 Å². The van der Waals surface area contributed by atoms with Crippen molar-refractivity contribution < 1.29 is 18.0 Å². The summed E-state index contributed by atoms with van der Waals surface area (Å²) < 4.78 is 40.1. The molecule has 2 heterocycles. The second-order valence-electron chi connectivity index (χ2n) is 4.57. The number of amides is 1. The zero-order chi connectivity index (χ0) is 17.2. The maximum atomic E-state index is 12.8. The fourth-order valence-corrected chi connectivity index (χ4v) is 3.50. The Morgan fingerprint density at radius 2 is 2.17 bits per heavy atom. The predicted molar refractivity (Wildman–Crippen MR) is 87.3 cm³/mol. The highest BCUT2D eigenvalue weighted by Gasteiger charge is 2.37. The Hall–Kier alpha value is -0.940. The minimum atomic E-state index is -4.59. The van der Waals surface area contributed by atoms with E-state index in [1.807, 2.05) is 6.92 Å². The molecule has 0 saturated heterocycles. The van der Waals surface area contributed by atoms with Crippen LogP contribution in [0.2, 0.25) is 0 Å². The molecule has 1 N–H and O–H groups in total. The number of thiazole rings is 1. The fourth-order valence-electron chi connectivity index (χ4n) is 1.88. The van der Waals surface area contributed by atoms with Crippen LogP contribution in [0.4, 0.5) is 18.3 Å². The summed E-state index contributed by atoms with van der Waals surface area (Å²) in [6.07, 6.45) is -0.929. The SMILES string of the molecule is CCCC(C(=O)Nc1ncc(Br)s1)n1cc(Br)c(C(F)(F)F)n1. The van der Waals surface area contributed by atoms with Gasteiger partial charge in [-0.05, 0) is 38.3 Å². The zero-order valence-corrected chi connectivity index (χ0v) is 15.7. The lowest BCUT2D eigenvalue weighted by Crippen LogP contribution is -2.26. The van der Waals surface area contributed by atoms with Crippen LogP contribution in [0.1, 0.15) is 31.5 Å². The largest absolute Gasteiger partial charge is 0.436 e. The first-order valence-corrected chi connectivity index (χ1v) is 8.86. The van der Waals surface area contributed by atoms with E-state index in [9.17, 15) is 18.0 Å². The maximum absolute atomic E-state index is 12.8. The number of hydrogen-bond acceptors (Lipinski definition) is 4. The molecule has 1 amide bonds. The molecule has 0 aliphatic heterocycles. The molecule has 0 saturated carbocycles. The van der Waals surface area contributed by atoms with Crippen molar-refractivity contribution in [2.24, 2.45) is 0 Å². The summed E-state index contributed by atoms with van der Waals surface area (Å²) in [4.78, 5) is 16.3. The molecule has 0 aromatic carbocycles. The van der Waals surface area contributed by atoms with Gasteiger partial charge >= 0.3 is 6.18 Å². The first-order chi connectivity index (χ1) is 10.7. The molecule has 1 atom stereocenters. The molecule has 2 rings (SSSR count). The third kappa shape index (κ3) is 4.54. The van der Waals surface area contributed by atoms with Gasteiger partial charge in [-0.25, -0.2) is 4.98 Å². The van der Waals surface area contributed by atoms with Gasteiger partial charge in [-0.15, -0.1) is 0 Å². The van der Waals surface area contributed by atoms with Crippen LogP contribution in [-0.2, 0) is 11.0 Å². The van der Waals surface area contributed by atoms with E-state index < -0.39 is 23.8 Å². The van der Waals surface area contributed by atoms with Gasteiger partial charge in [-0.1, -0.05) is 24.7 Å². The third-order valence-electron chi connectivity index (χ3n) is 2.85. The van der Waals surface area contributed by atoms with Crippen molar-refractivity contribution in [1.82, 2.24) is 14.8 Å². The number of nitrogens with one attached hydrogen (secondary N) is 1. The van der Waals surface area contributed by atoms with Gasteiger partial charge in [0.25, 0.3) is 5.91 Å². The quantitative estimate of drug-likeness (QED) is 0.671. The number of alkyl halides is 3. The molecule has 1 unspecified atom stereocenters. The Morgan fingerprint density at radius 3 is 2.65 bits per heavy atom. The van der Waals surface area contributed by atoms with E-state index in [1.165, 1.54) is 23.7 Å². The van der Waals surface area contributed by atoms with Crippen molar-refractivity contribution in [1.29, 1.82) is 0 Å². The summed E-state index contributed by atoms with van der Waals surface area (Å²) in [5, 5.41) is 6.49. The molecule has 0 fully saturated rings. The standard InChI is InChI=1S/C12H11Br2F3N4OS/c1-2-3-7(10(22)19-11-18-4-8(14)23-11)21-5-6(13)9(20-21)12(15,16)17/h4-5,7H,2-3H2,1H3,(H,18,19,22). The van der Waals surface area contributed by atoms with Crippen molar-refractivity contribution in [3.8, 4) is 0 Å². The Labute approximate surface area is 150 Å². The van der Waals surface area contributed by atoms with E-state index in [1.54, 1.807) is 0 Å². The summed E-state index contributed by atoms with van der Waals surface area (Å²) >= 11 is 7.28. The molecule has 0 aliphatic rings. The van der Waals surface area contributed by atoms with Crippen LogP contribution in [-0.4, -0.2) is 20.7 Å². The second-order valence-corrected chi connectivity index (χ2v) is 7.83. The van der Waals surface area contributed by atoms with Gasteiger partial charge < -0.3 is 5.32 Å². The van der Waals surface area contributed by atoms with Gasteiger partial charge in [-0.2, -0.15) is 18.3 Å². The van der Waals surface area contributed by atoms with Crippen LogP contribution in [0, 0.1) is 0 Å². The summed E-state index contributed by atoms with van der Waals surface area (Å²) in [6.45, 7) is 1.84. The molecular formula is C12H11Br2F3N4OS. The second kappa shape index (κ2) is 7.31. The molecule has 126 valence electrons. The Balaban J connectivity index is 2.25. The van der Waals surface area contributed by atoms with Crippen molar-refractivity contribution in [3.63, 3.8) is 0 Å². The molecule has 0 aliphatic carbocycles. The Kier molecular flexibility index (Phi) is 5.84. The van der Waals surface area contributed by atoms with Gasteiger partial charge in [0, 0.05) is 6.20 Å². The minimum absolute atomic E-state index is 0.198. The number of carbonyl (C=O) groups excluding carboxylic acids is 1. The highest BCUT2D eigenvalue weighted by molar-refractivity contribution is 9.11. The number of rotatable bonds is 5.